The smallest absolute Gasteiger partial charge is 0.226 e. The molecule has 0 spiro atoms. The van der Waals surface area contributed by atoms with Crippen LogP contribution < -0.4 is 5.11 Å². The predicted molar refractivity (Wildman–Crippen MR) is 62.0 cm³/mol. The summed E-state index contributed by atoms with van der Waals surface area (Å²) in [7, 11) is 0. The van der Waals surface area contributed by atoms with Crippen LogP contribution in [0.1, 0.15) is 26.7 Å². The monoisotopic (exact) mass is 258 g/mol. The van der Waals surface area contributed by atoms with E-state index in [0.29, 0.717) is 25.1 Å². The first-order valence-electron chi connectivity index (χ1n) is 5.58. The van der Waals surface area contributed by atoms with E-state index in [1.807, 2.05) is 0 Å². The lowest BCUT2D eigenvalue weighted by molar-refractivity contribution is -0.310. The second kappa shape index (κ2) is 6.05. The van der Waals surface area contributed by atoms with Gasteiger partial charge in [0.1, 0.15) is 0 Å². The van der Waals surface area contributed by atoms with E-state index >= 15 is 0 Å². The SMILES string of the molecule is CC(=O)SC[C@@H](C)C(=O)N1CCC[C@H]1C(=O)[O-]. The van der Waals surface area contributed by atoms with Gasteiger partial charge in [0.2, 0.25) is 5.91 Å². The number of carboxylic acid groups (broad SMARTS) is 1. The van der Waals surface area contributed by atoms with Crippen LogP contribution in [0.5, 0.6) is 0 Å². The summed E-state index contributed by atoms with van der Waals surface area (Å²) in [6, 6.07) is -0.799. The van der Waals surface area contributed by atoms with E-state index < -0.39 is 12.0 Å². The van der Waals surface area contributed by atoms with Crippen LogP contribution >= 0.6 is 11.8 Å². The Labute approximate surface area is 105 Å². The number of carboxylic acids is 1. The molecule has 0 bridgehead atoms. The Morgan fingerprint density at radius 3 is 2.65 bits per heavy atom. The molecule has 1 aliphatic rings. The number of carbonyl (C=O) groups excluding carboxylic acids is 3. The summed E-state index contributed by atoms with van der Waals surface area (Å²) in [4.78, 5) is 35.0. The maximum absolute atomic E-state index is 12.0. The average Bonchev–Trinajstić information content (AvgIpc) is 2.73. The average molecular weight is 258 g/mol. The summed E-state index contributed by atoms with van der Waals surface area (Å²) >= 11 is 1.09. The molecule has 1 saturated heterocycles. The normalized spacial score (nSPS) is 21.3. The largest absolute Gasteiger partial charge is 0.548 e. The summed E-state index contributed by atoms with van der Waals surface area (Å²) in [5, 5.41) is 10.8. The zero-order valence-electron chi connectivity index (χ0n) is 9.97. The van der Waals surface area contributed by atoms with E-state index in [2.05, 4.69) is 0 Å². The predicted octanol–water partition coefficient (Wildman–Crippen LogP) is -0.357. The topological polar surface area (TPSA) is 77.5 Å². The Hall–Kier alpha value is -1.04. The summed E-state index contributed by atoms with van der Waals surface area (Å²) in [5.74, 6) is -1.35. The lowest BCUT2D eigenvalue weighted by atomic mass is 10.1. The van der Waals surface area contributed by atoms with E-state index in [9.17, 15) is 19.5 Å². The van der Waals surface area contributed by atoms with Crippen molar-refractivity contribution in [3.05, 3.63) is 0 Å². The molecule has 1 heterocycles. The van der Waals surface area contributed by atoms with Crippen molar-refractivity contribution in [2.75, 3.05) is 12.3 Å². The highest BCUT2D eigenvalue weighted by molar-refractivity contribution is 8.13. The highest BCUT2D eigenvalue weighted by atomic mass is 32.2. The molecule has 0 aromatic carbocycles. The minimum Gasteiger partial charge on any atom is -0.548 e. The molecule has 1 rings (SSSR count). The van der Waals surface area contributed by atoms with E-state index in [1.54, 1.807) is 6.92 Å². The van der Waals surface area contributed by atoms with Crippen molar-refractivity contribution >= 4 is 28.8 Å². The highest BCUT2D eigenvalue weighted by Gasteiger charge is 2.32. The molecule has 0 unspecified atom stereocenters. The van der Waals surface area contributed by atoms with Gasteiger partial charge in [-0.2, -0.15) is 0 Å². The van der Waals surface area contributed by atoms with Gasteiger partial charge in [-0.1, -0.05) is 18.7 Å². The fourth-order valence-corrected chi connectivity index (χ4v) is 2.50. The van der Waals surface area contributed by atoms with Crippen LogP contribution in [-0.2, 0) is 14.4 Å². The van der Waals surface area contributed by atoms with E-state index in [1.165, 1.54) is 11.8 Å². The second-order valence-electron chi connectivity index (χ2n) is 4.21. The van der Waals surface area contributed by atoms with Crippen molar-refractivity contribution in [3.8, 4) is 0 Å². The van der Waals surface area contributed by atoms with Crippen LogP contribution in [0.4, 0.5) is 0 Å². The molecule has 1 fully saturated rings. The van der Waals surface area contributed by atoms with Crippen molar-refractivity contribution in [3.63, 3.8) is 0 Å². The number of thioether (sulfide) groups is 1. The Kier molecular flexibility index (Phi) is 4.99. The summed E-state index contributed by atoms with van der Waals surface area (Å²) in [6.07, 6.45) is 1.15. The van der Waals surface area contributed by atoms with Crippen molar-refractivity contribution in [2.24, 2.45) is 5.92 Å². The minimum absolute atomic E-state index is 0.0393. The van der Waals surface area contributed by atoms with Crippen molar-refractivity contribution in [1.82, 2.24) is 4.90 Å². The number of carbonyl (C=O) groups is 3. The van der Waals surface area contributed by atoms with Gasteiger partial charge in [0.15, 0.2) is 5.12 Å². The van der Waals surface area contributed by atoms with Crippen LogP contribution in [0, 0.1) is 5.92 Å². The van der Waals surface area contributed by atoms with E-state index in [-0.39, 0.29) is 16.9 Å². The first kappa shape index (κ1) is 14.0. The first-order chi connectivity index (χ1) is 7.93. The number of amides is 1. The molecule has 0 aromatic rings. The maximum Gasteiger partial charge on any atom is 0.226 e. The zero-order chi connectivity index (χ0) is 13.0. The number of aliphatic carboxylic acids is 1. The third-order valence-corrected chi connectivity index (χ3v) is 3.84. The third kappa shape index (κ3) is 3.73. The Bertz CT molecular complexity index is 331. The van der Waals surface area contributed by atoms with Crippen molar-refractivity contribution in [2.45, 2.75) is 32.7 Å². The number of likely N-dealkylation sites (tertiary alicyclic amines) is 1. The van der Waals surface area contributed by atoms with Crippen molar-refractivity contribution in [1.29, 1.82) is 0 Å². The second-order valence-corrected chi connectivity index (χ2v) is 5.41. The molecule has 0 N–H and O–H groups in total. The summed E-state index contributed by atoms with van der Waals surface area (Å²) in [5.41, 5.74) is 0. The molecule has 0 saturated carbocycles. The Balaban J connectivity index is 2.56. The molecule has 2 atom stereocenters. The van der Waals surface area contributed by atoms with E-state index in [0.717, 1.165) is 11.8 Å². The lowest BCUT2D eigenvalue weighted by Crippen LogP contribution is -2.48. The zero-order valence-corrected chi connectivity index (χ0v) is 10.8. The fraction of sp³-hybridized carbons (Fsp3) is 0.727. The number of hydrogen-bond acceptors (Lipinski definition) is 5. The molecule has 96 valence electrons. The molecule has 17 heavy (non-hydrogen) atoms. The van der Waals surface area contributed by atoms with Crippen LogP contribution in [-0.4, -0.2) is 40.2 Å². The fourth-order valence-electron chi connectivity index (χ4n) is 1.87. The molecule has 0 aromatic heterocycles. The molecule has 5 nitrogen and oxygen atoms in total. The van der Waals surface area contributed by atoms with Gasteiger partial charge in [-0.15, -0.1) is 0 Å². The Morgan fingerprint density at radius 1 is 1.47 bits per heavy atom. The highest BCUT2D eigenvalue weighted by Crippen LogP contribution is 2.21. The van der Waals surface area contributed by atoms with Gasteiger partial charge >= 0.3 is 0 Å². The minimum atomic E-state index is -1.19. The quantitative estimate of drug-likeness (QED) is 0.688. The number of hydrogen-bond donors (Lipinski definition) is 0. The van der Waals surface area contributed by atoms with Gasteiger partial charge in [-0.3, -0.25) is 9.59 Å². The van der Waals surface area contributed by atoms with E-state index in [4.69, 9.17) is 0 Å². The van der Waals surface area contributed by atoms with Gasteiger partial charge < -0.3 is 14.8 Å². The molecular weight excluding hydrogens is 242 g/mol. The lowest BCUT2D eigenvalue weighted by Gasteiger charge is -2.27. The summed E-state index contributed by atoms with van der Waals surface area (Å²) in [6.45, 7) is 3.62. The van der Waals surface area contributed by atoms with Gasteiger partial charge in [0.05, 0.1) is 12.0 Å². The number of rotatable bonds is 4. The molecule has 6 heteroatoms. The number of nitrogens with zero attached hydrogens (tertiary/aromatic N) is 1. The van der Waals surface area contributed by atoms with Gasteiger partial charge in [0.25, 0.3) is 0 Å². The molecule has 1 aliphatic heterocycles. The first-order valence-corrected chi connectivity index (χ1v) is 6.56. The standard InChI is InChI=1S/C11H17NO4S/c1-7(6-17-8(2)13)10(14)12-5-3-4-9(12)11(15)16/h7,9H,3-6H2,1-2H3,(H,15,16)/p-1/t7-,9+/m1/s1. The molecule has 0 aliphatic carbocycles. The van der Waals surface area contributed by atoms with Gasteiger partial charge in [-0.25, -0.2) is 0 Å². The van der Waals surface area contributed by atoms with Gasteiger partial charge in [-0.05, 0) is 12.8 Å². The Morgan fingerprint density at radius 2 is 2.12 bits per heavy atom. The molecule has 1 amide bonds. The van der Waals surface area contributed by atoms with Gasteiger partial charge in [0, 0.05) is 25.1 Å². The molecule has 0 radical (unpaired) electrons. The molecular formula is C11H16NO4S-. The van der Waals surface area contributed by atoms with Crippen LogP contribution in [0.25, 0.3) is 0 Å². The van der Waals surface area contributed by atoms with Crippen molar-refractivity contribution < 1.29 is 19.5 Å². The summed E-state index contributed by atoms with van der Waals surface area (Å²) < 4.78 is 0. The third-order valence-electron chi connectivity index (χ3n) is 2.77. The van der Waals surface area contributed by atoms with Crippen LogP contribution in [0.2, 0.25) is 0 Å². The van der Waals surface area contributed by atoms with Crippen LogP contribution in [0.15, 0.2) is 0 Å². The maximum atomic E-state index is 12.0. The van der Waals surface area contributed by atoms with Crippen LogP contribution in [0.3, 0.4) is 0 Å².